The van der Waals surface area contributed by atoms with Gasteiger partial charge in [-0.2, -0.15) is 0 Å². The van der Waals surface area contributed by atoms with Gasteiger partial charge in [-0.25, -0.2) is 4.79 Å². The molecule has 1 aromatic heterocycles. The number of furan rings is 1. The lowest BCUT2D eigenvalue weighted by molar-refractivity contribution is -0.363. The lowest BCUT2D eigenvalue weighted by Crippen LogP contribution is -2.85. The van der Waals surface area contributed by atoms with E-state index in [0.29, 0.717) is 0 Å². The summed E-state index contributed by atoms with van der Waals surface area (Å²) in [6, 6.07) is 1.32. The Bertz CT molecular complexity index is 1460. The molecule has 15 heteroatoms. The SMILES string of the molecule is CC(=O)O[C@H]1C[C@](C)(O)[C@@]23OC(C)(C)[C@@H]([C@H](OC(=O)C(C)C)[C@H](OC(=O)c4ccoc4)[C@]2(COC(=O)C(C)C)[C@H]1OC(C)=O)[C@@H]3OC(C)=O. The zero-order valence-electron chi connectivity index (χ0n) is 29.4. The highest BCUT2D eigenvalue weighted by atomic mass is 16.7. The Morgan fingerprint density at radius 2 is 1.39 bits per heavy atom. The fraction of sp³-hybridized carbons (Fsp3) is 0.706. The molecule has 1 aliphatic heterocycles. The van der Waals surface area contributed by atoms with Crippen molar-refractivity contribution in [2.24, 2.45) is 23.2 Å². The van der Waals surface area contributed by atoms with Crippen molar-refractivity contribution in [2.45, 2.75) is 123 Å². The third-order valence-electron chi connectivity index (χ3n) is 9.59. The normalized spacial score (nSPS) is 34.4. The summed E-state index contributed by atoms with van der Waals surface area (Å²) >= 11 is 0. The van der Waals surface area contributed by atoms with Crippen LogP contribution in [0.1, 0.15) is 86.0 Å². The third kappa shape index (κ3) is 6.42. The molecule has 49 heavy (non-hydrogen) atoms. The first-order valence-electron chi connectivity index (χ1n) is 16.2. The summed E-state index contributed by atoms with van der Waals surface area (Å²) in [7, 11) is 0. The Morgan fingerprint density at radius 3 is 1.90 bits per heavy atom. The van der Waals surface area contributed by atoms with Crippen LogP contribution >= 0.6 is 0 Å². The van der Waals surface area contributed by atoms with E-state index in [-0.39, 0.29) is 5.56 Å². The Balaban J connectivity index is 2.20. The third-order valence-corrected chi connectivity index (χ3v) is 9.59. The number of rotatable bonds is 10. The molecular formula is C34H46O15. The van der Waals surface area contributed by atoms with Crippen molar-refractivity contribution < 1.29 is 71.4 Å². The molecule has 1 spiro atoms. The Labute approximate surface area is 284 Å². The minimum atomic E-state index is -2.29. The summed E-state index contributed by atoms with van der Waals surface area (Å²) in [6.07, 6.45) is -6.12. The van der Waals surface area contributed by atoms with E-state index in [1.807, 2.05) is 0 Å². The van der Waals surface area contributed by atoms with Gasteiger partial charge in [0.15, 0.2) is 17.8 Å². The Hall–Kier alpha value is -3.98. The molecule has 0 unspecified atom stereocenters. The predicted molar refractivity (Wildman–Crippen MR) is 164 cm³/mol. The molecule has 1 saturated heterocycles. The van der Waals surface area contributed by atoms with Gasteiger partial charge in [-0.3, -0.25) is 24.0 Å². The van der Waals surface area contributed by atoms with E-state index in [1.54, 1.807) is 41.5 Å². The van der Waals surface area contributed by atoms with Crippen LogP contribution in [0, 0.1) is 23.2 Å². The topological polar surface area (TPSA) is 200 Å². The number of ether oxygens (including phenoxy) is 7. The second-order valence-corrected chi connectivity index (χ2v) is 14.3. The summed E-state index contributed by atoms with van der Waals surface area (Å²) < 4.78 is 47.9. The predicted octanol–water partition coefficient (Wildman–Crippen LogP) is 2.69. The van der Waals surface area contributed by atoms with Crippen LogP contribution in [-0.4, -0.2) is 94.9 Å². The van der Waals surface area contributed by atoms with Crippen molar-refractivity contribution in [3.63, 3.8) is 0 Å². The number of aliphatic hydroxyl groups is 1. The molecule has 1 N–H and O–H groups in total. The van der Waals surface area contributed by atoms with E-state index in [9.17, 15) is 33.9 Å². The number of carbonyl (C=O) groups excluding carboxylic acids is 6. The minimum Gasteiger partial charge on any atom is -0.472 e. The average Bonchev–Trinajstić information content (AvgIpc) is 3.56. The Morgan fingerprint density at radius 1 is 0.816 bits per heavy atom. The van der Waals surface area contributed by atoms with Gasteiger partial charge in [0.05, 0.1) is 40.8 Å². The molecule has 3 fully saturated rings. The van der Waals surface area contributed by atoms with Gasteiger partial charge in [-0.15, -0.1) is 0 Å². The number of carbonyl (C=O) groups is 6. The summed E-state index contributed by atoms with van der Waals surface area (Å²) in [5.41, 5.74) is -8.21. The highest BCUT2D eigenvalue weighted by Crippen LogP contribution is 2.69. The van der Waals surface area contributed by atoms with E-state index in [0.717, 1.165) is 27.0 Å². The highest BCUT2D eigenvalue weighted by Gasteiger charge is 2.89. The molecule has 3 aliphatic rings. The van der Waals surface area contributed by atoms with Gasteiger partial charge in [-0.1, -0.05) is 27.7 Å². The maximum atomic E-state index is 13.9. The first kappa shape index (κ1) is 37.8. The molecule has 0 amide bonds. The lowest BCUT2D eigenvalue weighted by atomic mass is 9.45. The second-order valence-electron chi connectivity index (χ2n) is 14.3. The van der Waals surface area contributed by atoms with Crippen molar-refractivity contribution in [2.75, 3.05) is 6.61 Å². The van der Waals surface area contributed by atoms with Crippen molar-refractivity contribution in [1.29, 1.82) is 0 Å². The number of fused-ring (bicyclic) bond motifs is 1. The first-order valence-corrected chi connectivity index (χ1v) is 16.2. The quantitative estimate of drug-likeness (QED) is 0.277. The zero-order valence-corrected chi connectivity index (χ0v) is 29.4. The Kier molecular flexibility index (Phi) is 10.3. The lowest BCUT2D eigenvalue weighted by Gasteiger charge is -2.66. The van der Waals surface area contributed by atoms with Crippen molar-refractivity contribution in [3.8, 4) is 0 Å². The molecule has 2 aliphatic carbocycles. The van der Waals surface area contributed by atoms with Crippen molar-refractivity contribution in [3.05, 3.63) is 24.2 Å². The molecule has 4 rings (SSSR count). The van der Waals surface area contributed by atoms with Crippen LogP contribution in [0.2, 0.25) is 0 Å². The second kappa shape index (κ2) is 13.4. The maximum Gasteiger partial charge on any atom is 0.341 e. The monoisotopic (exact) mass is 694 g/mol. The van der Waals surface area contributed by atoms with E-state index < -0.39 is 119 Å². The van der Waals surface area contributed by atoms with Crippen LogP contribution in [0.25, 0.3) is 0 Å². The molecule has 2 heterocycles. The zero-order chi connectivity index (χ0) is 36.9. The summed E-state index contributed by atoms with van der Waals surface area (Å²) in [4.78, 5) is 79.0. The van der Waals surface area contributed by atoms with Crippen LogP contribution in [0.4, 0.5) is 0 Å². The number of hydrogen-bond acceptors (Lipinski definition) is 15. The van der Waals surface area contributed by atoms with E-state index in [2.05, 4.69) is 0 Å². The summed E-state index contributed by atoms with van der Waals surface area (Å²) in [5.74, 6) is -7.56. The molecule has 2 saturated carbocycles. The largest absolute Gasteiger partial charge is 0.472 e. The van der Waals surface area contributed by atoms with Gasteiger partial charge in [0.25, 0.3) is 0 Å². The average molecular weight is 695 g/mol. The fourth-order valence-electron chi connectivity index (χ4n) is 7.83. The van der Waals surface area contributed by atoms with Gasteiger partial charge in [-0.05, 0) is 26.8 Å². The number of esters is 6. The molecule has 9 atom stereocenters. The van der Waals surface area contributed by atoms with Gasteiger partial charge in [0, 0.05) is 27.2 Å². The van der Waals surface area contributed by atoms with E-state index in [4.69, 9.17) is 37.6 Å². The first-order chi connectivity index (χ1) is 22.6. The van der Waals surface area contributed by atoms with Gasteiger partial charge in [0.1, 0.15) is 36.6 Å². The van der Waals surface area contributed by atoms with Crippen LogP contribution in [0.15, 0.2) is 23.0 Å². The van der Waals surface area contributed by atoms with Gasteiger partial charge < -0.3 is 42.7 Å². The summed E-state index contributed by atoms with van der Waals surface area (Å²) in [6.45, 7) is 13.3. The van der Waals surface area contributed by atoms with Crippen LogP contribution < -0.4 is 0 Å². The highest BCUT2D eigenvalue weighted by molar-refractivity contribution is 5.89. The molecule has 15 nitrogen and oxygen atoms in total. The molecule has 272 valence electrons. The molecule has 1 aromatic rings. The molecular weight excluding hydrogens is 648 g/mol. The van der Waals surface area contributed by atoms with Crippen molar-refractivity contribution >= 4 is 35.8 Å². The smallest absolute Gasteiger partial charge is 0.341 e. The van der Waals surface area contributed by atoms with Crippen LogP contribution in [0.5, 0.6) is 0 Å². The fourth-order valence-corrected chi connectivity index (χ4v) is 7.83. The van der Waals surface area contributed by atoms with E-state index >= 15 is 0 Å². The van der Waals surface area contributed by atoms with Crippen LogP contribution in [-0.2, 0) is 57.1 Å². The molecule has 0 radical (unpaired) electrons. The number of hydrogen-bond donors (Lipinski definition) is 1. The van der Waals surface area contributed by atoms with Gasteiger partial charge in [0.2, 0.25) is 0 Å². The maximum absolute atomic E-state index is 13.9. The van der Waals surface area contributed by atoms with E-state index in [1.165, 1.54) is 19.3 Å². The molecule has 0 aromatic carbocycles. The summed E-state index contributed by atoms with van der Waals surface area (Å²) in [5, 5.41) is 12.7. The van der Waals surface area contributed by atoms with Gasteiger partial charge >= 0.3 is 35.8 Å². The minimum absolute atomic E-state index is 0.0601. The van der Waals surface area contributed by atoms with Crippen LogP contribution in [0.3, 0.4) is 0 Å². The standard InChI is InChI=1S/C34H46O15/c1-16(2)28(38)43-15-33-25(45-19(6)36)22(44-18(5)35)13-32(10,41)34(33)26(46-20(7)37)23(31(8,9)49-34)24(47-29(39)17(3)4)27(33)48-30(40)21-11-12-42-14-21/h11-12,14,16-17,22-27,41H,13,15H2,1-10H3/t22-,23-,24-,25-,26-,27-,32-,33-,34+/m0/s1. The molecule has 2 bridgehead atoms. The van der Waals surface area contributed by atoms with Crippen molar-refractivity contribution in [1.82, 2.24) is 0 Å².